The van der Waals surface area contributed by atoms with Crippen molar-refractivity contribution in [1.82, 2.24) is 15.5 Å². The minimum Gasteiger partial charge on any atom is -0.380 e. The van der Waals surface area contributed by atoms with Gasteiger partial charge in [-0.1, -0.05) is 29.8 Å². The van der Waals surface area contributed by atoms with Crippen LogP contribution in [0.25, 0.3) is 0 Å². The molecule has 1 heterocycles. The lowest BCUT2D eigenvalue weighted by molar-refractivity contribution is 0.152. The Hall–Kier alpha value is -1.59. The van der Waals surface area contributed by atoms with E-state index in [9.17, 15) is 0 Å². The van der Waals surface area contributed by atoms with Gasteiger partial charge in [0.25, 0.3) is 0 Å². The lowest BCUT2D eigenvalue weighted by Gasteiger charge is -2.29. The van der Waals surface area contributed by atoms with Gasteiger partial charge in [0.1, 0.15) is 0 Å². The molecule has 0 saturated carbocycles. The van der Waals surface area contributed by atoms with Gasteiger partial charge in [-0.2, -0.15) is 0 Å². The largest absolute Gasteiger partial charge is 0.380 e. The van der Waals surface area contributed by atoms with Crippen LogP contribution >= 0.6 is 0 Å². The van der Waals surface area contributed by atoms with Crippen molar-refractivity contribution in [1.29, 1.82) is 0 Å². The van der Waals surface area contributed by atoms with Gasteiger partial charge >= 0.3 is 0 Å². The van der Waals surface area contributed by atoms with Crippen LogP contribution in [-0.4, -0.2) is 57.3 Å². The van der Waals surface area contributed by atoms with Crippen molar-refractivity contribution in [2.24, 2.45) is 4.99 Å². The molecule has 1 atom stereocenters. The molecule has 1 aliphatic rings. The quantitative estimate of drug-likeness (QED) is 0.436. The van der Waals surface area contributed by atoms with Gasteiger partial charge in [-0.15, -0.1) is 0 Å². The summed E-state index contributed by atoms with van der Waals surface area (Å²) in [6.45, 7) is 9.58. The number of hydrogen-bond acceptors (Lipinski definition) is 3. The molecule has 1 aromatic rings. The maximum absolute atomic E-state index is 5.36. The first-order chi connectivity index (χ1) is 11.7. The molecule has 5 heteroatoms. The van der Waals surface area contributed by atoms with E-state index in [2.05, 4.69) is 51.7 Å². The number of ether oxygens (including phenoxy) is 1. The molecule has 2 N–H and O–H groups in total. The summed E-state index contributed by atoms with van der Waals surface area (Å²) in [6.07, 6.45) is 2.59. The highest BCUT2D eigenvalue weighted by Crippen LogP contribution is 2.24. The average molecular weight is 332 g/mol. The minimum atomic E-state index is 0.388. The molecule has 1 fully saturated rings. The van der Waals surface area contributed by atoms with Gasteiger partial charge in [-0.05, 0) is 45.3 Å². The standard InChI is InChI=1S/C19H32N4O/c1-4-24-14-11-21-19(20-3)22-15-18(23-12-5-6-13-23)17-9-7-16(2)8-10-17/h7-10,18H,4-6,11-15H2,1-3H3,(H2,20,21,22). The molecule has 0 bridgehead atoms. The highest BCUT2D eigenvalue weighted by molar-refractivity contribution is 5.79. The summed E-state index contributed by atoms with van der Waals surface area (Å²) in [5.41, 5.74) is 2.68. The minimum absolute atomic E-state index is 0.388. The number of aryl methyl sites for hydroxylation is 1. The summed E-state index contributed by atoms with van der Waals surface area (Å²) < 4.78 is 5.36. The van der Waals surface area contributed by atoms with Gasteiger partial charge in [0.15, 0.2) is 5.96 Å². The molecular weight excluding hydrogens is 300 g/mol. The molecule has 1 aliphatic heterocycles. The summed E-state index contributed by atoms with van der Waals surface area (Å²) >= 11 is 0. The molecule has 0 aliphatic carbocycles. The third-order valence-corrected chi connectivity index (χ3v) is 4.47. The van der Waals surface area contributed by atoms with Gasteiger partial charge in [0, 0.05) is 26.7 Å². The summed E-state index contributed by atoms with van der Waals surface area (Å²) in [5.74, 6) is 0.839. The van der Waals surface area contributed by atoms with Crippen molar-refractivity contribution >= 4 is 5.96 Å². The van der Waals surface area contributed by atoms with E-state index in [4.69, 9.17) is 4.74 Å². The summed E-state index contributed by atoms with van der Waals surface area (Å²) in [6, 6.07) is 9.30. The topological polar surface area (TPSA) is 48.9 Å². The molecule has 0 amide bonds. The number of rotatable bonds is 8. The first kappa shape index (κ1) is 18.7. The van der Waals surface area contributed by atoms with Gasteiger partial charge in [0.2, 0.25) is 0 Å². The summed E-state index contributed by atoms with van der Waals surface area (Å²) in [5, 5.41) is 6.78. The van der Waals surface area contributed by atoms with Gasteiger partial charge in [-0.25, -0.2) is 0 Å². The Bertz CT molecular complexity index is 495. The van der Waals surface area contributed by atoms with Crippen LogP contribution in [0, 0.1) is 6.92 Å². The van der Waals surface area contributed by atoms with Crippen LogP contribution in [0.5, 0.6) is 0 Å². The van der Waals surface area contributed by atoms with Crippen LogP contribution in [0.4, 0.5) is 0 Å². The van der Waals surface area contributed by atoms with Gasteiger partial charge in [-0.3, -0.25) is 9.89 Å². The van der Waals surface area contributed by atoms with Crippen molar-refractivity contribution < 1.29 is 4.74 Å². The maximum Gasteiger partial charge on any atom is 0.191 e. The number of guanidine groups is 1. The molecule has 0 radical (unpaired) electrons. The number of aliphatic imine (C=N–C) groups is 1. The van der Waals surface area contributed by atoms with Crippen molar-refractivity contribution in [3.8, 4) is 0 Å². The zero-order chi connectivity index (χ0) is 17.2. The molecule has 1 saturated heterocycles. The predicted molar refractivity (Wildman–Crippen MR) is 101 cm³/mol. The number of nitrogens with zero attached hydrogens (tertiary/aromatic N) is 2. The van der Waals surface area contributed by atoms with Gasteiger partial charge < -0.3 is 15.4 Å². The molecule has 1 unspecified atom stereocenters. The van der Waals surface area contributed by atoms with E-state index in [0.29, 0.717) is 12.6 Å². The van der Waals surface area contributed by atoms with Crippen LogP contribution in [-0.2, 0) is 4.74 Å². The third kappa shape index (κ3) is 5.80. The van der Waals surface area contributed by atoms with Crippen molar-refractivity contribution in [3.05, 3.63) is 35.4 Å². The van der Waals surface area contributed by atoms with Crippen molar-refractivity contribution in [2.45, 2.75) is 32.7 Å². The molecule has 0 spiro atoms. The molecular formula is C19H32N4O. The van der Waals surface area contributed by atoms with Crippen LogP contribution in [0.2, 0.25) is 0 Å². The molecule has 1 aromatic carbocycles. The number of benzene rings is 1. The van der Waals surface area contributed by atoms with E-state index in [-0.39, 0.29) is 0 Å². The average Bonchev–Trinajstić information content (AvgIpc) is 3.13. The van der Waals surface area contributed by atoms with E-state index in [1.54, 1.807) is 0 Å². The second-order valence-electron chi connectivity index (χ2n) is 6.25. The monoisotopic (exact) mass is 332 g/mol. The normalized spacial score (nSPS) is 17.0. The Kier molecular flexibility index (Phi) is 8.05. The highest BCUT2D eigenvalue weighted by Gasteiger charge is 2.23. The van der Waals surface area contributed by atoms with Crippen molar-refractivity contribution in [2.75, 3.05) is 46.4 Å². The third-order valence-electron chi connectivity index (χ3n) is 4.47. The number of likely N-dealkylation sites (tertiary alicyclic amines) is 1. The van der Waals surface area contributed by atoms with E-state index in [0.717, 1.165) is 25.7 Å². The summed E-state index contributed by atoms with van der Waals surface area (Å²) in [7, 11) is 1.81. The fourth-order valence-electron chi connectivity index (χ4n) is 3.10. The zero-order valence-electron chi connectivity index (χ0n) is 15.3. The van der Waals surface area contributed by atoms with Crippen LogP contribution < -0.4 is 10.6 Å². The zero-order valence-corrected chi connectivity index (χ0v) is 15.3. The number of hydrogen-bond donors (Lipinski definition) is 2. The SMILES string of the molecule is CCOCCNC(=NC)NCC(c1ccc(C)cc1)N1CCCC1. The Labute approximate surface area is 146 Å². The molecule has 24 heavy (non-hydrogen) atoms. The summed E-state index contributed by atoms with van der Waals surface area (Å²) in [4.78, 5) is 6.89. The van der Waals surface area contributed by atoms with E-state index in [1.807, 2.05) is 14.0 Å². The lowest BCUT2D eigenvalue weighted by Crippen LogP contribution is -2.43. The molecule has 5 nitrogen and oxygen atoms in total. The maximum atomic E-state index is 5.36. The number of nitrogens with one attached hydrogen (secondary N) is 2. The highest BCUT2D eigenvalue weighted by atomic mass is 16.5. The second-order valence-corrected chi connectivity index (χ2v) is 6.25. The Morgan fingerprint density at radius 2 is 1.92 bits per heavy atom. The van der Waals surface area contributed by atoms with E-state index < -0.39 is 0 Å². The second kappa shape index (κ2) is 10.3. The Morgan fingerprint density at radius 3 is 2.54 bits per heavy atom. The van der Waals surface area contributed by atoms with E-state index in [1.165, 1.54) is 37.1 Å². The fraction of sp³-hybridized carbons (Fsp3) is 0.632. The van der Waals surface area contributed by atoms with Crippen LogP contribution in [0.3, 0.4) is 0 Å². The predicted octanol–water partition coefficient (Wildman–Crippen LogP) is 2.33. The molecule has 134 valence electrons. The van der Waals surface area contributed by atoms with Crippen LogP contribution in [0.1, 0.15) is 36.9 Å². The Morgan fingerprint density at radius 1 is 1.21 bits per heavy atom. The smallest absolute Gasteiger partial charge is 0.191 e. The first-order valence-corrected chi connectivity index (χ1v) is 9.07. The van der Waals surface area contributed by atoms with Gasteiger partial charge in [0.05, 0.1) is 12.6 Å². The van der Waals surface area contributed by atoms with Crippen LogP contribution in [0.15, 0.2) is 29.3 Å². The fourth-order valence-corrected chi connectivity index (χ4v) is 3.10. The first-order valence-electron chi connectivity index (χ1n) is 9.07. The lowest BCUT2D eigenvalue weighted by atomic mass is 10.0. The molecule has 0 aromatic heterocycles. The Balaban J connectivity index is 1.93. The van der Waals surface area contributed by atoms with Crippen molar-refractivity contribution in [3.63, 3.8) is 0 Å². The van der Waals surface area contributed by atoms with E-state index >= 15 is 0 Å². The molecule has 2 rings (SSSR count).